The molecular weight excluding hydrogens is 346 g/mol. The molecule has 2 aromatic heterocycles. The van der Waals surface area contributed by atoms with Crippen LogP contribution < -0.4 is 10.6 Å². The van der Waals surface area contributed by atoms with E-state index in [0.717, 1.165) is 62.9 Å². The van der Waals surface area contributed by atoms with Crippen LogP contribution in [0.5, 0.6) is 0 Å². The standard InChI is InChI=1S/C19H29N5OS/c1-3-16-11-18(25-23-16)12-21-19(20-4-2)22-17-5-8-24(9-6-17)13-15-7-10-26-14-15/h7,10-11,14,17H,3-6,8-9,12-13H2,1-2H3,(H2,20,21,22). The number of hydrogen-bond donors (Lipinski definition) is 2. The third-order valence-electron chi connectivity index (χ3n) is 4.62. The van der Waals surface area contributed by atoms with Crippen molar-refractivity contribution in [3.63, 3.8) is 0 Å². The van der Waals surface area contributed by atoms with Crippen molar-refractivity contribution in [1.82, 2.24) is 20.7 Å². The first-order valence-electron chi connectivity index (χ1n) is 9.49. The summed E-state index contributed by atoms with van der Waals surface area (Å²) in [5.41, 5.74) is 2.40. The molecule has 0 radical (unpaired) electrons. The molecule has 142 valence electrons. The molecule has 0 amide bonds. The number of thiophene rings is 1. The van der Waals surface area contributed by atoms with E-state index in [-0.39, 0.29) is 0 Å². The average molecular weight is 376 g/mol. The molecule has 2 N–H and O–H groups in total. The Morgan fingerprint density at radius 1 is 1.38 bits per heavy atom. The average Bonchev–Trinajstić information content (AvgIpc) is 3.33. The van der Waals surface area contributed by atoms with Crippen LogP contribution >= 0.6 is 11.3 Å². The summed E-state index contributed by atoms with van der Waals surface area (Å²) in [5.74, 6) is 1.67. The molecule has 1 saturated heterocycles. The molecule has 7 heteroatoms. The van der Waals surface area contributed by atoms with Crippen molar-refractivity contribution >= 4 is 17.3 Å². The minimum Gasteiger partial charge on any atom is -0.359 e. The largest absolute Gasteiger partial charge is 0.359 e. The zero-order valence-electron chi connectivity index (χ0n) is 15.7. The Morgan fingerprint density at radius 2 is 2.23 bits per heavy atom. The van der Waals surface area contributed by atoms with Gasteiger partial charge in [-0.2, -0.15) is 11.3 Å². The van der Waals surface area contributed by atoms with Gasteiger partial charge >= 0.3 is 0 Å². The zero-order valence-corrected chi connectivity index (χ0v) is 16.5. The smallest absolute Gasteiger partial charge is 0.191 e. The van der Waals surface area contributed by atoms with Gasteiger partial charge in [0.15, 0.2) is 11.7 Å². The van der Waals surface area contributed by atoms with Gasteiger partial charge in [-0.3, -0.25) is 4.90 Å². The van der Waals surface area contributed by atoms with Crippen molar-refractivity contribution < 1.29 is 4.52 Å². The summed E-state index contributed by atoms with van der Waals surface area (Å²) in [6.45, 7) is 8.82. The van der Waals surface area contributed by atoms with Gasteiger partial charge in [-0.25, -0.2) is 4.99 Å². The lowest BCUT2D eigenvalue weighted by molar-refractivity contribution is 0.198. The van der Waals surface area contributed by atoms with Crippen LogP contribution in [-0.2, 0) is 19.5 Å². The fraction of sp³-hybridized carbons (Fsp3) is 0.579. The van der Waals surface area contributed by atoms with Crippen LogP contribution in [0.2, 0.25) is 0 Å². The monoisotopic (exact) mass is 375 g/mol. The number of nitrogens with one attached hydrogen (secondary N) is 2. The molecule has 1 fully saturated rings. The fourth-order valence-corrected chi connectivity index (χ4v) is 3.80. The van der Waals surface area contributed by atoms with E-state index in [2.05, 4.69) is 56.4 Å². The molecule has 1 aliphatic heterocycles. The fourth-order valence-electron chi connectivity index (χ4n) is 3.14. The van der Waals surface area contributed by atoms with Crippen molar-refractivity contribution in [2.24, 2.45) is 4.99 Å². The topological polar surface area (TPSA) is 65.7 Å². The Labute approximate surface area is 159 Å². The predicted octanol–water partition coefficient (Wildman–Crippen LogP) is 3.02. The van der Waals surface area contributed by atoms with Gasteiger partial charge in [0.05, 0.1) is 5.69 Å². The second kappa shape index (κ2) is 9.73. The van der Waals surface area contributed by atoms with Gasteiger partial charge in [0.25, 0.3) is 0 Å². The molecule has 0 spiro atoms. The highest BCUT2D eigenvalue weighted by molar-refractivity contribution is 7.07. The molecular formula is C19H29N5OS. The number of likely N-dealkylation sites (tertiary alicyclic amines) is 1. The lowest BCUT2D eigenvalue weighted by atomic mass is 10.0. The summed E-state index contributed by atoms with van der Waals surface area (Å²) in [6, 6.07) is 4.67. The van der Waals surface area contributed by atoms with Gasteiger partial charge in [0, 0.05) is 38.3 Å². The van der Waals surface area contributed by atoms with Crippen LogP contribution in [0.3, 0.4) is 0 Å². The second-order valence-electron chi connectivity index (χ2n) is 6.66. The quantitative estimate of drug-likeness (QED) is 0.575. The third kappa shape index (κ3) is 5.57. The molecule has 0 bridgehead atoms. The first-order valence-corrected chi connectivity index (χ1v) is 10.4. The maximum absolute atomic E-state index is 5.32. The molecule has 26 heavy (non-hydrogen) atoms. The summed E-state index contributed by atoms with van der Waals surface area (Å²) < 4.78 is 5.32. The molecule has 6 nitrogen and oxygen atoms in total. The minimum atomic E-state index is 0.465. The number of guanidine groups is 1. The summed E-state index contributed by atoms with van der Waals surface area (Å²) in [5, 5.41) is 15.3. The van der Waals surface area contributed by atoms with E-state index in [0.29, 0.717) is 12.6 Å². The molecule has 1 aliphatic rings. The molecule has 0 atom stereocenters. The van der Waals surface area contributed by atoms with Crippen LogP contribution in [0, 0.1) is 0 Å². The van der Waals surface area contributed by atoms with Gasteiger partial charge in [0.1, 0.15) is 6.54 Å². The van der Waals surface area contributed by atoms with Crippen molar-refractivity contribution in [2.75, 3.05) is 19.6 Å². The van der Waals surface area contributed by atoms with Crippen molar-refractivity contribution in [1.29, 1.82) is 0 Å². The van der Waals surface area contributed by atoms with Crippen molar-refractivity contribution in [3.05, 3.63) is 39.9 Å². The first-order chi connectivity index (χ1) is 12.8. The van der Waals surface area contributed by atoms with E-state index in [1.807, 2.05) is 6.07 Å². The van der Waals surface area contributed by atoms with Crippen LogP contribution in [-0.4, -0.2) is 41.7 Å². The first kappa shape index (κ1) is 18.9. The van der Waals surface area contributed by atoms with E-state index in [1.54, 1.807) is 11.3 Å². The van der Waals surface area contributed by atoms with E-state index in [9.17, 15) is 0 Å². The highest BCUT2D eigenvalue weighted by Gasteiger charge is 2.20. The van der Waals surface area contributed by atoms with Crippen molar-refractivity contribution in [2.45, 2.75) is 52.2 Å². The van der Waals surface area contributed by atoms with Gasteiger partial charge in [-0.1, -0.05) is 12.1 Å². The predicted molar refractivity (Wildman–Crippen MR) is 106 cm³/mol. The molecule has 0 aromatic carbocycles. The number of nitrogens with zero attached hydrogens (tertiary/aromatic N) is 3. The van der Waals surface area contributed by atoms with Gasteiger partial charge in [-0.05, 0) is 48.6 Å². The normalized spacial score (nSPS) is 16.8. The summed E-state index contributed by atoms with van der Waals surface area (Å²) >= 11 is 1.77. The van der Waals surface area contributed by atoms with Crippen molar-refractivity contribution in [3.8, 4) is 0 Å². The minimum absolute atomic E-state index is 0.465. The molecule has 3 rings (SSSR count). The molecule has 0 saturated carbocycles. The van der Waals surface area contributed by atoms with Gasteiger partial charge in [-0.15, -0.1) is 0 Å². The summed E-state index contributed by atoms with van der Waals surface area (Å²) in [6.07, 6.45) is 3.16. The zero-order chi connectivity index (χ0) is 18.2. The second-order valence-corrected chi connectivity index (χ2v) is 7.44. The molecule has 2 aromatic rings. The summed E-state index contributed by atoms with van der Waals surface area (Å²) in [7, 11) is 0. The maximum atomic E-state index is 5.32. The van der Waals surface area contributed by atoms with Crippen LogP contribution in [0.15, 0.2) is 32.4 Å². The summed E-state index contributed by atoms with van der Waals surface area (Å²) in [4.78, 5) is 7.19. The molecule has 0 unspecified atom stereocenters. The Bertz CT molecular complexity index is 674. The highest BCUT2D eigenvalue weighted by atomic mass is 32.1. The number of rotatable bonds is 7. The molecule has 3 heterocycles. The van der Waals surface area contributed by atoms with Gasteiger partial charge < -0.3 is 15.2 Å². The Hall–Kier alpha value is -1.86. The van der Waals surface area contributed by atoms with Crippen LogP contribution in [0.1, 0.15) is 43.7 Å². The van der Waals surface area contributed by atoms with Gasteiger partial charge in [0.2, 0.25) is 0 Å². The SMILES string of the molecule is CCNC(=NCc1cc(CC)no1)NC1CCN(Cc2ccsc2)CC1. The Kier molecular flexibility index (Phi) is 7.08. The lowest BCUT2D eigenvalue weighted by Crippen LogP contribution is -2.48. The van der Waals surface area contributed by atoms with E-state index in [1.165, 1.54) is 5.56 Å². The highest BCUT2D eigenvalue weighted by Crippen LogP contribution is 2.15. The number of hydrogen-bond acceptors (Lipinski definition) is 5. The van der Waals surface area contributed by atoms with E-state index < -0.39 is 0 Å². The van der Waals surface area contributed by atoms with E-state index >= 15 is 0 Å². The molecule has 0 aliphatic carbocycles. The van der Waals surface area contributed by atoms with E-state index in [4.69, 9.17) is 4.52 Å². The number of aromatic nitrogens is 1. The Balaban J connectivity index is 1.47. The number of aliphatic imine (C=N–C) groups is 1. The number of aryl methyl sites for hydroxylation is 1. The lowest BCUT2D eigenvalue weighted by Gasteiger charge is -2.32. The number of piperidine rings is 1. The van der Waals surface area contributed by atoms with Crippen LogP contribution in [0.4, 0.5) is 0 Å². The van der Waals surface area contributed by atoms with Crippen LogP contribution in [0.25, 0.3) is 0 Å². The maximum Gasteiger partial charge on any atom is 0.191 e. The third-order valence-corrected chi connectivity index (χ3v) is 5.35. The Morgan fingerprint density at radius 3 is 2.88 bits per heavy atom.